The van der Waals surface area contributed by atoms with Gasteiger partial charge in [0.15, 0.2) is 0 Å². The quantitative estimate of drug-likeness (QED) is 0.162. The molecule has 0 atom stereocenters. The minimum absolute atomic E-state index is 0.174. The molecule has 4 nitrogen and oxygen atoms in total. The molecular formula is C24H27F6IO4. The van der Waals surface area contributed by atoms with Crippen molar-refractivity contribution in [3.63, 3.8) is 0 Å². The maximum absolute atomic E-state index is 14.1. The Bertz CT molecular complexity index is 950. The third kappa shape index (κ3) is 6.41. The predicted molar refractivity (Wildman–Crippen MR) is 126 cm³/mol. The highest BCUT2D eigenvalue weighted by atomic mass is 127. The summed E-state index contributed by atoms with van der Waals surface area (Å²) in [6, 6.07) is 6.62. The van der Waals surface area contributed by atoms with Crippen molar-refractivity contribution in [2.75, 3.05) is 13.9 Å². The van der Waals surface area contributed by atoms with E-state index >= 15 is 0 Å². The van der Waals surface area contributed by atoms with Gasteiger partial charge in [0.25, 0.3) is 5.60 Å². The highest BCUT2D eigenvalue weighted by Crippen LogP contribution is 2.54. The minimum atomic E-state index is -5.81. The number of rotatable bonds is 11. The van der Waals surface area contributed by atoms with Crippen molar-refractivity contribution < 1.29 is 45.7 Å². The highest BCUT2D eigenvalue weighted by Gasteiger charge is 2.73. The van der Waals surface area contributed by atoms with Crippen molar-refractivity contribution >= 4 is 22.6 Å². The van der Waals surface area contributed by atoms with Gasteiger partial charge in [0, 0.05) is 16.2 Å². The highest BCUT2D eigenvalue weighted by molar-refractivity contribution is 14.1. The van der Waals surface area contributed by atoms with Crippen LogP contribution in [0.2, 0.25) is 0 Å². The summed E-state index contributed by atoms with van der Waals surface area (Å²) in [4.78, 5) is 0. The van der Waals surface area contributed by atoms with Crippen molar-refractivity contribution in [3.05, 3.63) is 56.2 Å². The van der Waals surface area contributed by atoms with Gasteiger partial charge in [-0.2, -0.15) is 26.3 Å². The normalized spacial score (nSPS) is 12.8. The Morgan fingerprint density at radius 2 is 1.40 bits per heavy atom. The zero-order valence-corrected chi connectivity index (χ0v) is 21.6. The molecule has 0 aliphatic rings. The first-order valence-electron chi connectivity index (χ1n) is 10.9. The van der Waals surface area contributed by atoms with Crippen LogP contribution in [-0.4, -0.2) is 31.4 Å². The lowest BCUT2D eigenvalue weighted by Gasteiger charge is -2.37. The molecule has 2 aromatic rings. The van der Waals surface area contributed by atoms with Gasteiger partial charge in [0.2, 0.25) is 0 Å². The number of benzene rings is 2. The molecule has 0 saturated heterocycles. The largest absolute Gasteiger partial charge is 0.457 e. The molecule has 0 fully saturated rings. The molecule has 2 rings (SSSR count). The molecule has 0 aliphatic heterocycles. The topological polar surface area (TPSA) is 47.9 Å². The van der Waals surface area contributed by atoms with E-state index in [4.69, 9.17) is 4.74 Å². The summed E-state index contributed by atoms with van der Waals surface area (Å²) in [6.07, 6.45) is -10.4. The second kappa shape index (κ2) is 12.1. The number of methoxy groups -OCH3 is 1. The van der Waals surface area contributed by atoms with Crippen LogP contribution in [0.1, 0.15) is 48.9 Å². The molecule has 0 heterocycles. The van der Waals surface area contributed by atoms with Gasteiger partial charge < -0.3 is 19.3 Å². The van der Waals surface area contributed by atoms with Gasteiger partial charge in [0.1, 0.15) is 18.3 Å². The number of aliphatic hydroxyl groups is 1. The fourth-order valence-electron chi connectivity index (χ4n) is 3.73. The van der Waals surface area contributed by atoms with E-state index in [0.29, 0.717) is 24.2 Å². The molecule has 0 bridgehead atoms. The third-order valence-corrected chi connectivity index (χ3v) is 6.34. The van der Waals surface area contributed by atoms with Crippen LogP contribution in [0.4, 0.5) is 26.3 Å². The van der Waals surface area contributed by atoms with Crippen LogP contribution in [0, 0.1) is 3.57 Å². The average Bonchev–Trinajstić information content (AvgIpc) is 2.76. The summed E-state index contributed by atoms with van der Waals surface area (Å²) >= 11 is 2.03. The van der Waals surface area contributed by atoms with Crippen LogP contribution in [0.15, 0.2) is 30.3 Å². The number of aliphatic hydroxyl groups excluding tert-OH is 1. The summed E-state index contributed by atoms with van der Waals surface area (Å²) in [5, 5.41) is 9.54. The first-order chi connectivity index (χ1) is 16.4. The van der Waals surface area contributed by atoms with E-state index in [1.165, 1.54) is 0 Å². The first-order valence-corrected chi connectivity index (χ1v) is 11.9. The maximum atomic E-state index is 14.1. The van der Waals surface area contributed by atoms with E-state index in [1.807, 2.05) is 22.6 Å². The molecular weight excluding hydrogens is 593 g/mol. The maximum Gasteiger partial charge on any atom is 0.430 e. The van der Waals surface area contributed by atoms with E-state index in [1.54, 1.807) is 32.0 Å². The lowest BCUT2D eigenvalue weighted by atomic mass is 9.87. The molecule has 11 heteroatoms. The number of halogens is 7. The number of hydrogen-bond donors (Lipinski definition) is 1. The van der Waals surface area contributed by atoms with Gasteiger partial charge in [0.05, 0.1) is 6.61 Å². The molecule has 0 radical (unpaired) electrons. The van der Waals surface area contributed by atoms with E-state index in [-0.39, 0.29) is 36.3 Å². The van der Waals surface area contributed by atoms with Crippen LogP contribution < -0.4 is 4.74 Å². The molecule has 2 aromatic carbocycles. The molecule has 0 amide bonds. The molecule has 35 heavy (non-hydrogen) atoms. The monoisotopic (exact) mass is 620 g/mol. The Kier molecular flexibility index (Phi) is 10.3. The number of aryl methyl sites for hydroxylation is 2. The zero-order chi connectivity index (χ0) is 26.4. The second-order valence-electron chi connectivity index (χ2n) is 7.86. The molecule has 0 saturated carbocycles. The Morgan fingerprint density at radius 3 is 1.83 bits per heavy atom. The van der Waals surface area contributed by atoms with Gasteiger partial charge in [-0.25, -0.2) is 0 Å². The first kappa shape index (κ1) is 29.7. The van der Waals surface area contributed by atoms with Crippen LogP contribution in [0.5, 0.6) is 11.5 Å². The summed E-state index contributed by atoms with van der Waals surface area (Å²) < 4.78 is 100. The van der Waals surface area contributed by atoms with Gasteiger partial charge in [-0.3, -0.25) is 0 Å². The summed E-state index contributed by atoms with van der Waals surface area (Å²) in [6.45, 7) is 2.05. The lowest BCUT2D eigenvalue weighted by molar-refractivity contribution is -0.400. The van der Waals surface area contributed by atoms with Gasteiger partial charge in [-0.1, -0.05) is 26.7 Å². The molecule has 1 N–H and O–H groups in total. The third-order valence-electron chi connectivity index (χ3n) is 5.29. The van der Waals surface area contributed by atoms with Crippen LogP contribution in [0.3, 0.4) is 0 Å². The van der Waals surface area contributed by atoms with Crippen LogP contribution >= 0.6 is 22.6 Å². The van der Waals surface area contributed by atoms with Crippen LogP contribution in [-0.2, 0) is 34.5 Å². The fraction of sp³-hybridized carbons (Fsp3) is 0.500. The Morgan fingerprint density at radius 1 is 0.857 bits per heavy atom. The standard InChI is InChI=1S/C24H27F6IO4/c1-4-6-15-10-18(22(23(25,26)27,24(28,29)30)34-14-33-3)11-16(7-5-2)21(15)35-19-8-9-20(31)17(12-19)13-32/h8-12,32H,4-7,13-14H2,1-3H3. The SMILES string of the molecule is CCCc1cc(C(OCOC)(C(F)(F)F)C(F)(F)F)cc(CCC)c1Oc1ccc(I)c(CO)c1. The zero-order valence-electron chi connectivity index (χ0n) is 19.4. The Balaban J connectivity index is 2.81. The van der Waals surface area contributed by atoms with Crippen molar-refractivity contribution in [3.8, 4) is 11.5 Å². The molecule has 0 unspecified atom stereocenters. The second-order valence-corrected chi connectivity index (χ2v) is 9.03. The van der Waals surface area contributed by atoms with E-state index < -0.39 is 30.3 Å². The molecule has 0 aliphatic carbocycles. The number of hydrogen-bond acceptors (Lipinski definition) is 4. The van der Waals surface area contributed by atoms with E-state index in [0.717, 1.165) is 22.8 Å². The predicted octanol–water partition coefficient (Wildman–Crippen LogP) is 7.42. The van der Waals surface area contributed by atoms with E-state index in [2.05, 4.69) is 9.47 Å². The van der Waals surface area contributed by atoms with Gasteiger partial charge in [-0.05, 0) is 82.5 Å². The number of alkyl halides is 6. The summed E-state index contributed by atoms with van der Waals surface area (Å²) in [5.74, 6) is 0.512. The fourth-order valence-corrected chi connectivity index (χ4v) is 4.24. The van der Waals surface area contributed by atoms with Crippen LogP contribution in [0.25, 0.3) is 0 Å². The number of ether oxygens (including phenoxy) is 3. The molecule has 0 spiro atoms. The van der Waals surface area contributed by atoms with Gasteiger partial charge >= 0.3 is 12.4 Å². The lowest BCUT2D eigenvalue weighted by Crippen LogP contribution is -2.56. The van der Waals surface area contributed by atoms with Crippen molar-refractivity contribution in [2.45, 2.75) is 64.1 Å². The minimum Gasteiger partial charge on any atom is -0.457 e. The van der Waals surface area contributed by atoms with Crippen molar-refractivity contribution in [1.82, 2.24) is 0 Å². The average molecular weight is 620 g/mol. The Labute approximate surface area is 213 Å². The smallest absolute Gasteiger partial charge is 0.430 e. The van der Waals surface area contributed by atoms with Crippen molar-refractivity contribution in [2.24, 2.45) is 0 Å². The van der Waals surface area contributed by atoms with Crippen molar-refractivity contribution in [1.29, 1.82) is 0 Å². The summed E-state index contributed by atoms with van der Waals surface area (Å²) in [7, 11) is 0.946. The van der Waals surface area contributed by atoms with E-state index in [9.17, 15) is 31.4 Å². The van der Waals surface area contributed by atoms with Gasteiger partial charge in [-0.15, -0.1) is 0 Å². The Hall–Kier alpha value is -1.57. The molecule has 0 aromatic heterocycles. The summed E-state index contributed by atoms with van der Waals surface area (Å²) in [5.41, 5.74) is -4.69. The molecule has 196 valence electrons.